The number of nitrogens with one attached hydrogen (secondary N) is 1. The number of halogens is 2. The molecule has 0 saturated heterocycles. The minimum atomic E-state index is -4.00. The molecule has 0 amide bonds. The van der Waals surface area contributed by atoms with E-state index in [2.05, 4.69) is 4.72 Å². The van der Waals surface area contributed by atoms with E-state index < -0.39 is 21.8 Å². The predicted molar refractivity (Wildman–Crippen MR) is 78.2 cm³/mol. The van der Waals surface area contributed by atoms with Crippen LogP contribution in [0, 0.1) is 12.7 Å². The van der Waals surface area contributed by atoms with Crippen molar-refractivity contribution in [3.05, 3.63) is 45.5 Å². The highest BCUT2D eigenvalue weighted by molar-refractivity contribution is 7.94. The number of rotatable bonds is 4. The van der Waals surface area contributed by atoms with E-state index in [1.54, 1.807) is 0 Å². The molecule has 0 atom stereocenters. The largest absolute Gasteiger partial charge is 0.477 e. The molecule has 9 heteroatoms. The molecule has 0 fully saturated rings. The van der Waals surface area contributed by atoms with Gasteiger partial charge in [0.15, 0.2) is 0 Å². The van der Waals surface area contributed by atoms with Crippen LogP contribution < -0.4 is 4.72 Å². The summed E-state index contributed by atoms with van der Waals surface area (Å²) in [5, 5.41) is 8.98. The molecule has 0 saturated carbocycles. The van der Waals surface area contributed by atoms with Crippen LogP contribution >= 0.6 is 22.9 Å². The minimum absolute atomic E-state index is 0.0390. The third-order valence-corrected chi connectivity index (χ3v) is 5.77. The molecule has 5 nitrogen and oxygen atoms in total. The summed E-state index contributed by atoms with van der Waals surface area (Å²) in [4.78, 5) is 10.9. The number of aromatic carboxylic acids is 1. The first-order valence-electron chi connectivity index (χ1n) is 5.51. The molecule has 0 radical (unpaired) electrons. The molecule has 0 aliphatic carbocycles. The van der Waals surface area contributed by atoms with Crippen molar-refractivity contribution in [3.63, 3.8) is 0 Å². The number of benzene rings is 1. The van der Waals surface area contributed by atoms with Crippen molar-refractivity contribution in [2.24, 2.45) is 0 Å². The fourth-order valence-electron chi connectivity index (χ4n) is 1.62. The first-order valence-corrected chi connectivity index (χ1v) is 8.19. The zero-order valence-corrected chi connectivity index (χ0v) is 12.9. The number of carboxylic acid groups (broad SMARTS) is 1. The molecule has 1 heterocycles. The second kappa shape index (κ2) is 5.63. The third-order valence-electron chi connectivity index (χ3n) is 2.47. The van der Waals surface area contributed by atoms with Crippen LogP contribution in [0.5, 0.6) is 0 Å². The maximum Gasteiger partial charge on any atom is 0.346 e. The Kier molecular flexibility index (Phi) is 4.22. The summed E-state index contributed by atoms with van der Waals surface area (Å²) in [5.74, 6) is -1.89. The summed E-state index contributed by atoms with van der Waals surface area (Å²) in [6, 6.07) is 4.51. The van der Waals surface area contributed by atoms with Gasteiger partial charge in [-0.15, -0.1) is 11.3 Å². The molecule has 0 aliphatic rings. The number of hydrogen-bond donors (Lipinski definition) is 2. The number of sulfonamides is 1. The molecule has 2 aromatic rings. The van der Waals surface area contributed by atoms with E-state index >= 15 is 0 Å². The average Bonchev–Trinajstić information content (AvgIpc) is 2.70. The fourth-order valence-corrected chi connectivity index (χ4v) is 4.26. The highest BCUT2D eigenvalue weighted by Crippen LogP contribution is 2.28. The van der Waals surface area contributed by atoms with Crippen LogP contribution in [-0.2, 0) is 10.0 Å². The van der Waals surface area contributed by atoms with Crippen LogP contribution in [-0.4, -0.2) is 19.5 Å². The first-order chi connectivity index (χ1) is 9.69. The van der Waals surface area contributed by atoms with Gasteiger partial charge in [0.05, 0.1) is 5.69 Å². The van der Waals surface area contributed by atoms with Gasteiger partial charge in [-0.05, 0) is 36.8 Å². The van der Waals surface area contributed by atoms with E-state index in [1.807, 2.05) is 0 Å². The normalized spacial score (nSPS) is 11.4. The molecule has 0 bridgehead atoms. The van der Waals surface area contributed by atoms with Crippen LogP contribution in [0.15, 0.2) is 28.5 Å². The van der Waals surface area contributed by atoms with Gasteiger partial charge in [0.2, 0.25) is 0 Å². The summed E-state index contributed by atoms with van der Waals surface area (Å²) in [6.07, 6.45) is 0. The van der Waals surface area contributed by atoms with Gasteiger partial charge in [0.1, 0.15) is 14.9 Å². The summed E-state index contributed by atoms with van der Waals surface area (Å²) in [6.45, 7) is 1.50. The third kappa shape index (κ3) is 3.52. The molecule has 1 aromatic heterocycles. The van der Waals surface area contributed by atoms with Crippen molar-refractivity contribution in [1.82, 2.24) is 0 Å². The van der Waals surface area contributed by atoms with Gasteiger partial charge < -0.3 is 5.11 Å². The van der Waals surface area contributed by atoms with Crippen molar-refractivity contribution in [2.75, 3.05) is 4.72 Å². The lowest BCUT2D eigenvalue weighted by Gasteiger charge is -2.06. The molecular weight excluding hydrogens is 341 g/mol. The van der Waals surface area contributed by atoms with E-state index in [0.29, 0.717) is 16.9 Å². The van der Waals surface area contributed by atoms with E-state index in [9.17, 15) is 17.6 Å². The van der Waals surface area contributed by atoms with Gasteiger partial charge in [-0.2, -0.15) is 0 Å². The Balaban J connectivity index is 2.38. The zero-order valence-electron chi connectivity index (χ0n) is 10.6. The average molecular weight is 350 g/mol. The van der Waals surface area contributed by atoms with Crippen molar-refractivity contribution < 1.29 is 22.7 Å². The molecule has 2 N–H and O–H groups in total. The van der Waals surface area contributed by atoms with E-state index in [0.717, 1.165) is 12.1 Å². The Morgan fingerprint density at radius 3 is 2.52 bits per heavy atom. The van der Waals surface area contributed by atoms with Gasteiger partial charge in [0.25, 0.3) is 10.0 Å². The Morgan fingerprint density at radius 2 is 2.00 bits per heavy atom. The monoisotopic (exact) mass is 349 g/mol. The number of hydrogen-bond acceptors (Lipinski definition) is 4. The van der Waals surface area contributed by atoms with Crippen molar-refractivity contribution in [1.29, 1.82) is 0 Å². The lowest BCUT2D eigenvalue weighted by atomic mass is 10.3. The smallest absolute Gasteiger partial charge is 0.346 e. The molecular formula is C12H9ClFNO4S2. The van der Waals surface area contributed by atoms with Crippen LogP contribution in [0.2, 0.25) is 5.02 Å². The standard InChI is InChI=1S/C12H9ClFNO4S2/c1-6-2-10(20-11(6)12(16)17)21(18,19)15-9-4-7(13)3-8(14)5-9/h2-5,15H,1H3,(H,16,17). The number of aryl methyl sites for hydroxylation is 1. The van der Waals surface area contributed by atoms with Crippen LogP contribution in [0.25, 0.3) is 0 Å². The van der Waals surface area contributed by atoms with Gasteiger partial charge in [-0.25, -0.2) is 17.6 Å². The zero-order chi connectivity index (χ0) is 15.8. The summed E-state index contributed by atoms with van der Waals surface area (Å²) < 4.78 is 39.5. The molecule has 21 heavy (non-hydrogen) atoms. The molecule has 0 spiro atoms. The first kappa shape index (κ1) is 15.7. The molecule has 0 aliphatic heterocycles. The fraction of sp³-hybridized carbons (Fsp3) is 0.0833. The molecule has 2 rings (SSSR count). The number of anilines is 1. The minimum Gasteiger partial charge on any atom is -0.477 e. The Labute approximate surface area is 129 Å². The van der Waals surface area contributed by atoms with Crippen LogP contribution in [0.1, 0.15) is 15.2 Å². The highest BCUT2D eigenvalue weighted by Gasteiger charge is 2.22. The van der Waals surface area contributed by atoms with Gasteiger partial charge >= 0.3 is 5.97 Å². The Bertz CT molecular complexity index is 796. The second-order valence-electron chi connectivity index (χ2n) is 4.15. The lowest BCUT2D eigenvalue weighted by Crippen LogP contribution is -2.11. The summed E-state index contributed by atoms with van der Waals surface area (Å²) >= 11 is 6.27. The summed E-state index contributed by atoms with van der Waals surface area (Å²) in [5.41, 5.74) is 0.299. The summed E-state index contributed by atoms with van der Waals surface area (Å²) in [7, 11) is -4.00. The van der Waals surface area contributed by atoms with Crippen LogP contribution in [0.3, 0.4) is 0 Å². The SMILES string of the molecule is Cc1cc(S(=O)(=O)Nc2cc(F)cc(Cl)c2)sc1C(=O)O. The lowest BCUT2D eigenvalue weighted by molar-refractivity contribution is 0.0701. The predicted octanol–water partition coefficient (Wildman–Crippen LogP) is 3.35. The highest BCUT2D eigenvalue weighted by atomic mass is 35.5. The van der Waals surface area contributed by atoms with E-state index in [1.165, 1.54) is 19.1 Å². The van der Waals surface area contributed by atoms with Gasteiger partial charge in [0, 0.05) is 5.02 Å². The van der Waals surface area contributed by atoms with Crippen LogP contribution in [0.4, 0.5) is 10.1 Å². The number of thiophene rings is 1. The quantitative estimate of drug-likeness (QED) is 0.886. The van der Waals surface area contributed by atoms with Crippen molar-refractivity contribution >= 4 is 44.6 Å². The molecule has 0 unspecified atom stereocenters. The van der Waals surface area contributed by atoms with Gasteiger partial charge in [-0.3, -0.25) is 4.72 Å². The molecule has 112 valence electrons. The van der Waals surface area contributed by atoms with Crippen molar-refractivity contribution in [2.45, 2.75) is 11.1 Å². The topological polar surface area (TPSA) is 83.5 Å². The maximum atomic E-state index is 13.2. The number of carbonyl (C=O) groups is 1. The Morgan fingerprint density at radius 1 is 1.33 bits per heavy atom. The van der Waals surface area contributed by atoms with E-state index in [-0.39, 0.29) is 19.8 Å². The molecule has 1 aromatic carbocycles. The number of carboxylic acids is 1. The Hall–Kier alpha value is -1.64. The second-order valence-corrected chi connectivity index (χ2v) is 7.54. The van der Waals surface area contributed by atoms with Gasteiger partial charge in [-0.1, -0.05) is 11.6 Å². The van der Waals surface area contributed by atoms with Crippen molar-refractivity contribution in [3.8, 4) is 0 Å². The maximum absolute atomic E-state index is 13.2. The van der Waals surface area contributed by atoms with E-state index in [4.69, 9.17) is 16.7 Å².